The molecular weight excluding hydrogens is 290 g/mol. The number of nitrogens with zero attached hydrogens (tertiary/aromatic N) is 5. The first-order valence-corrected chi connectivity index (χ1v) is 6.26. The van der Waals surface area contributed by atoms with Gasteiger partial charge in [-0.2, -0.15) is 10.2 Å². The van der Waals surface area contributed by atoms with Crippen LogP contribution in [0, 0.1) is 11.3 Å². The molecule has 22 heavy (non-hydrogen) atoms. The SMILES string of the molecule is [2H]OC[C@@H]1[C@H](O[2H])[C@H](n2ccc(N([2H])[2H])nc2=O)n2cnc(C#N)c2N1[2H]. The highest BCUT2D eigenvalue weighted by atomic mass is 16.3. The van der Waals surface area contributed by atoms with Crippen LogP contribution in [0.3, 0.4) is 0 Å². The zero-order chi connectivity index (χ0) is 19.7. The van der Waals surface area contributed by atoms with Gasteiger partial charge >= 0.3 is 5.69 Å². The molecule has 3 heterocycles. The third-order valence-electron chi connectivity index (χ3n) is 3.39. The van der Waals surface area contributed by atoms with Crippen LogP contribution >= 0.6 is 0 Å². The van der Waals surface area contributed by atoms with Gasteiger partial charge < -0.3 is 21.2 Å². The van der Waals surface area contributed by atoms with E-state index in [0.29, 0.717) is 0 Å². The highest BCUT2D eigenvalue weighted by Gasteiger charge is 2.38. The second-order valence-electron chi connectivity index (χ2n) is 4.65. The first-order chi connectivity index (χ1) is 12.9. The average molecular weight is 308 g/mol. The molecule has 3 rings (SSSR count). The Morgan fingerprint density at radius 3 is 3.27 bits per heavy atom. The van der Waals surface area contributed by atoms with Crippen molar-refractivity contribution in [1.29, 1.82) is 8.12 Å². The van der Waals surface area contributed by atoms with Gasteiger partial charge in [-0.15, -0.1) is 0 Å². The monoisotopic (exact) mass is 308 g/mol. The van der Waals surface area contributed by atoms with Gasteiger partial charge in [0.15, 0.2) is 9.93 Å². The van der Waals surface area contributed by atoms with Gasteiger partial charge in [0.25, 0.3) is 0 Å². The first-order valence-electron chi connectivity index (χ1n) is 8.42. The number of imidazole rings is 1. The normalized spacial score (nSPS) is 26.8. The molecule has 0 unspecified atom stereocenters. The Morgan fingerprint density at radius 2 is 2.59 bits per heavy atom. The minimum absolute atomic E-state index is 0.0384. The standard InChI is InChI=1S/C12H13N7O3/c13-3-6-10-16-7(4-20)9(21)11(19(10)5-15-6)18-2-1-8(14)17-12(18)22/h1-2,5,7,9,11,16,20-21H,4H2,(H2,14,17,22)/t7-,9+,11-/m1/s1/i20D,21D/hD3. The molecule has 2 aromatic heterocycles. The van der Waals surface area contributed by atoms with Crippen molar-refractivity contribution in [2.75, 3.05) is 17.6 Å². The average Bonchev–Trinajstić information content (AvgIpc) is 3.08. The molecule has 2 aromatic rings. The van der Waals surface area contributed by atoms with Gasteiger partial charge in [0, 0.05) is 6.20 Å². The number of fused-ring (bicyclic) bond motifs is 1. The summed E-state index contributed by atoms with van der Waals surface area (Å²) in [7, 11) is 0. The van der Waals surface area contributed by atoms with E-state index in [-0.39, 0.29) is 29.7 Å². The summed E-state index contributed by atoms with van der Waals surface area (Å²) in [6, 6.07) is 2.08. The topological polar surface area (TPSA) is 155 Å². The van der Waals surface area contributed by atoms with Crippen LogP contribution in [0.5, 0.6) is 0 Å². The Morgan fingerprint density at radius 1 is 1.68 bits per heavy atom. The lowest BCUT2D eigenvalue weighted by Crippen LogP contribution is -2.51. The molecule has 1 aliphatic heterocycles. The van der Waals surface area contributed by atoms with Crippen molar-refractivity contribution >= 4 is 11.6 Å². The van der Waals surface area contributed by atoms with Gasteiger partial charge in [0.2, 0.25) is 2.86 Å². The van der Waals surface area contributed by atoms with E-state index < -0.39 is 24.0 Å². The molecule has 10 heteroatoms. The van der Waals surface area contributed by atoms with Crippen LogP contribution in [-0.2, 0) is 0 Å². The predicted octanol–water partition coefficient (Wildman–Crippen LogP) is -1.91. The lowest BCUT2D eigenvalue weighted by atomic mass is 10.1. The van der Waals surface area contributed by atoms with Crippen molar-refractivity contribution in [3.05, 3.63) is 34.8 Å². The Labute approximate surface area is 131 Å². The molecule has 0 saturated heterocycles. The summed E-state index contributed by atoms with van der Waals surface area (Å²) in [5.74, 6) is -0.177. The number of rotatable bonds is 5. The van der Waals surface area contributed by atoms with Crippen LogP contribution in [0.25, 0.3) is 0 Å². The van der Waals surface area contributed by atoms with Gasteiger partial charge in [-0.1, -0.05) is 0 Å². The Balaban J connectivity index is 2.20. The van der Waals surface area contributed by atoms with Crippen molar-refractivity contribution in [2.45, 2.75) is 18.3 Å². The van der Waals surface area contributed by atoms with Crippen LogP contribution < -0.4 is 16.7 Å². The largest absolute Gasteiger partial charge is 0.394 e. The maximum atomic E-state index is 12.5. The third kappa shape index (κ3) is 2.00. The molecule has 0 radical (unpaired) electrons. The van der Waals surface area contributed by atoms with E-state index in [2.05, 4.69) is 15.1 Å². The zero-order valence-corrected chi connectivity index (χ0v) is 11.0. The highest BCUT2D eigenvalue weighted by Crippen LogP contribution is 2.30. The lowest BCUT2D eigenvalue weighted by Gasteiger charge is -2.37. The van der Waals surface area contributed by atoms with E-state index in [1.807, 2.05) is 6.07 Å². The second-order valence-corrected chi connectivity index (χ2v) is 4.65. The van der Waals surface area contributed by atoms with Crippen molar-refractivity contribution in [2.24, 2.45) is 0 Å². The van der Waals surface area contributed by atoms with Crippen molar-refractivity contribution in [1.82, 2.24) is 19.1 Å². The number of hydrogen-bond donors (Lipinski definition) is 4. The number of hydrogen-bond acceptors (Lipinski definition) is 8. The second kappa shape index (κ2) is 5.14. The molecule has 5 N–H and O–H groups in total. The summed E-state index contributed by atoms with van der Waals surface area (Å²) >= 11 is 0. The van der Waals surface area contributed by atoms with Crippen LogP contribution in [0.1, 0.15) is 11.9 Å². The van der Waals surface area contributed by atoms with Gasteiger partial charge in [-0.3, -0.25) is 9.13 Å². The lowest BCUT2D eigenvalue weighted by molar-refractivity contribution is 0.0480. The summed E-state index contributed by atoms with van der Waals surface area (Å²) in [6.45, 7) is -0.340. The predicted molar refractivity (Wildman–Crippen MR) is 74.8 cm³/mol. The summed E-state index contributed by atoms with van der Waals surface area (Å²) in [6.07, 6.45) is 0.263. The molecule has 10 nitrogen and oxygen atoms in total. The summed E-state index contributed by atoms with van der Waals surface area (Å²) < 4.78 is 39.4. The van der Waals surface area contributed by atoms with Gasteiger partial charge in [0.1, 0.15) is 30.0 Å². The van der Waals surface area contributed by atoms with Crippen LogP contribution in [0.4, 0.5) is 11.6 Å². The Hall–Kier alpha value is -2.90. The molecule has 0 bridgehead atoms. The fourth-order valence-electron chi connectivity index (χ4n) is 2.37. The summed E-state index contributed by atoms with van der Waals surface area (Å²) in [5, 5.41) is 19.2. The third-order valence-corrected chi connectivity index (χ3v) is 3.39. The maximum Gasteiger partial charge on any atom is 0.351 e. The quantitative estimate of drug-likeness (QED) is 0.498. The fourth-order valence-corrected chi connectivity index (χ4v) is 2.37. The Kier molecular flexibility index (Phi) is 2.14. The van der Waals surface area contributed by atoms with Crippen LogP contribution in [-0.4, -0.2) is 50.9 Å². The highest BCUT2D eigenvalue weighted by molar-refractivity contribution is 5.52. The number of aromatic nitrogens is 4. The number of nitrogens with one attached hydrogen (secondary N) is 1. The van der Waals surface area contributed by atoms with Gasteiger partial charge in [-0.05, 0) is 6.07 Å². The number of nitriles is 1. The minimum atomic E-state index is -1.16. The molecule has 0 aliphatic carbocycles. The van der Waals surface area contributed by atoms with E-state index in [1.54, 1.807) is 0 Å². The molecule has 3 atom stereocenters. The van der Waals surface area contributed by atoms with E-state index in [9.17, 15) is 10.1 Å². The van der Waals surface area contributed by atoms with E-state index >= 15 is 0 Å². The van der Waals surface area contributed by atoms with Crippen LogP contribution in [0.2, 0.25) is 4.24 Å². The number of nitrogens with two attached hydrogens (primary N) is 1. The number of aliphatic hydroxyl groups excluding tert-OH is 2. The molecule has 114 valence electrons. The number of anilines is 2. The van der Waals surface area contributed by atoms with Gasteiger partial charge in [-0.25, -0.2) is 9.78 Å². The molecular formula is C12H13N7O3. The number of aliphatic hydroxyl groups is 2. The van der Waals surface area contributed by atoms with Crippen molar-refractivity contribution in [3.63, 3.8) is 0 Å². The molecule has 0 spiro atoms. The smallest absolute Gasteiger partial charge is 0.351 e. The van der Waals surface area contributed by atoms with E-state index in [0.717, 1.165) is 9.88 Å². The van der Waals surface area contributed by atoms with E-state index in [4.69, 9.17) is 12.2 Å². The van der Waals surface area contributed by atoms with Gasteiger partial charge in [0.05, 0.1) is 19.0 Å². The molecule has 0 saturated carbocycles. The molecule has 1 aliphatic rings. The Bertz CT molecular complexity index is 929. The zero-order valence-electron chi connectivity index (χ0n) is 16.0. The molecule has 0 aromatic carbocycles. The van der Waals surface area contributed by atoms with E-state index in [1.165, 1.54) is 23.2 Å². The molecule has 0 amide bonds. The van der Waals surface area contributed by atoms with Crippen molar-refractivity contribution in [3.8, 4) is 6.07 Å². The maximum absolute atomic E-state index is 12.5. The minimum Gasteiger partial charge on any atom is -0.394 e. The summed E-state index contributed by atoms with van der Waals surface area (Å²) in [5.41, 5.74) is -0.759. The fraction of sp³-hybridized carbons (Fsp3) is 0.333. The number of nitrogen functional groups attached to an aromatic ring is 1. The van der Waals surface area contributed by atoms with Crippen LogP contribution in [0.15, 0.2) is 23.4 Å². The first kappa shape index (κ1) is 9.19. The molecule has 0 fully saturated rings. The van der Waals surface area contributed by atoms with Crippen molar-refractivity contribution < 1.29 is 14.5 Å². The summed E-state index contributed by atoms with van der Waals surface area (Å²) in [4.78, 5) is 20.0.